The van der Waals surface area contributed by atoms with Crippen LogP contribution in [-0.4, -0.2) is 35.4 Å². The van der Waals surface area contributed by atoms with Crippen LogP contribution in [0.4, 0.5) is 4.79 Å². The number of ether oxygens (including phenoxy) is 2. The normalized spacial score (nSPS) is 14.8. The number of methoxy groups -OCH3 is 1. The molecule has 1 aromatic heterocycles. The molecule has 0 atom stereocenters. The quantitative estimate of drug-likeness (QED) is 0.780. The summed E-state index contributed by atoms with van der Waals surface area (Å²) in [4.78, 5) is 14.9. The van der Waals surface area contributed by atoms with Crippen LogP contribution in [0.15, 0.2) is 36.5 Å². The predicted molar refractivity (Wildman–Crippen MR) is 89.9 cm³/mol. The fourth-order valence-electron chi connectivity index (χ4n) is 2.39. The van der Waals surface area contributed by atoms with E-state index in [0.29, 0.717) is 10.9 Å². The lowest BCUT2D eigenvalue weighted by Gasteiger charge is -2.16. The first-order valence-electron chi connectivity index (χ1n) is 7.45. The van der Waals surface area contributed by atoms with Crippen molar-refractivity contribution in [2.24, 2.45) is 0 Å². The first kappa shape index (κ1) is 16.4. The summed E-state index contributed by atoms with van der Waals surface area (Å²) < 4.78 is 10.9. The molecule has 2 N–H and O–H groups in total. The summed E-state index contributed by atoms with van der Waals surface area (Å²) in [5.74, 6) is 1.30. The third-order valence-electron chi connectivity index (χ3n) is 3.96. The highest BCUT2D eigenvalue weighted by atomic mass is 35.5. The summed E-state index contributed by atoms with van der Waals surface area (Å²) in [6, 6.07) is 9.26. The fourth-order valence-corrected chi connectivity index (χ4v) is 2.60. The molecule has 1 saturated carbocycles. The molecule has 1 aromatic carbocycles. The van der Waals surface area contributed by atoms with Gasteiger partial charge in [0.05, 0.1) is 18.8 Å². The monoisotopic (exact) mass is 348 g/mol. The van der Waals surface area contributed by atoms with Gasteiger partial charge in [0.25, 0.3) is 0 Å². The molecule has 126 valence electrons. The zero-order chi connectivity index (χ0) is 17.2. The number of rotatable bonds is 6. The Bertz CT molecular complexity index is 745. The van der Waals surface area contributed by atoms with Crippen molar-refractivity contribution in [3.8, 4) is 22.6 Å². The molecule has 0 radical (unpaired) electrons. The Labute approximate surface area is 144 Å². The Morgan fingerprint density at radius 2 is 2.04 bits per heavy atom. The van der Waals surface area contributed by atoms with Crippen LogP contribution in [0, 0.1) is 0 Å². The average molecular weight is 349 g/mol. The minimum Gasteiger partial charge on any atom is -0.497 e. The zero-order valence-corrected chi connectivity index (χ0v) is 13.8. The number of aromatic nitrogens is 1. The van der Waals surface area contributed by atoms with E-state index < -0.39 is 11.6 Å². The van der Waals surface area contributed by atoms with Crippen LogP contribution in [0.1, 0.15) is 12.8 Å². The summed E-state index contributed by atoms with van der Waals surface area (Å²) in [5, 5.41) is 11.7. The van der Waals surface area contributed by atoms with Crippen molar-refractivity contribution in [3.63, 3.8) is 0 Å². The summed E-state index contributed by atoms with van der Waals surface area (Å²) >= 11 is 6.19. The molecule has 0 spiro atoms. The number of pyridine rings is 1. The Kier molecular flexibility index (Phi) is 4.49. The lowest BCUT2D eigenvalue weighted by Crippen LogP contribution is -2.40. The molecule has 3 rings (SSSR count). The maximum absolute atomic E-state index is 10.8. The van der Waals surface area contributed by atoms with Gasteiger partial charge in [-0.25, -0.2) is 9.78 Å². The number of carbonyl (C=O) groups is 1. The molecule has 0 bridgehead atoms. The molecule has 6 nitrogen and oxygen atoms in total. The predicted octanol–water partition coefficient (Wildman–Crippen LogP) is 3.59. The third-order valence-corrected chi connectivity index (χ3v) is 4.26. The van der Waals surface area contributed by atoms with Crippen molar-refractivity contribution >= 4 is 17.7 Å². The fraction of sp³-hybridized carbons (Fsp3) is 0.294. The average Bonchev–Trinajstić information content (AvgIpc) is 3.33. The number of benzene rings is 1. The first-order valence-corrected chi connectivity index (χ1v) is 7.83. The van der Waals surface area contributed by atoms with Gasteiger partial charge < -0.3 is 19.9 Å². The lowest BCUT2D eigenvalue weighted by atomic mass is 10.1. The summed E-state index contributed by atoms with van der Waals surface area (Å²) in [5.41, 5.74) is 1.16. The second-order valence-electron chi connectivity index (χ2n) is 5.74. The van der Waals surface area contributed by atoms with Crippen LogP contribution < -0.4 is 14.8 Å². The summed E-state index contributed by atoms with van der Waals surface area (Å²) in [6.45, 7) is 0.269. The standard InChI is InChI=1S/C17H17ClN2O4/c1-23-12-4-2-11(3-5-12)14-8-13(9-19-15(14)18)24-10-17(6-7-17)20-16(21)22/h2-5,8-9,20H,6-7,10H2,1H3,(H,21,22). The van der Waals surface area contributed by atoms with Crippen molar-refractivity contribution in [2.45, 2.75) is 18.4 Å². The Morgan fingerprint density at radius 1 is 1.33 bits per heavy atom. The number of carboxylic acid groups (broad SMARTS) is 1. The van der Waals surface area contributed by atoms with Gasteiger partial charge in [0.2, 0.25) is 0 Å². The Morgan fingerprint density at radius 3 is 2.62 bits per heavy atom. The minimum atomic E-state index is -1.04. The molecule has 0 unspecified atom stereocenters. The maximum Gasteiger partial charge on any atom is 0.405 e. The van der Waals surface area contributed by atoms with Gasteiger partial charge in [0, 0.05) is 5.56 Å². The van der Waals surface area contributed by atoms with Crippen LogP contribution in [0.2, 0.25) is 5.15 Å². The first-order chi connectivity index (χ1) is 11.5. The topological polar surface area (TPSA) is 80.7 Å². The molecule has 0 aliphatic heterocycles. The van der Waals surface area contributed by atoms with Crippen LogP contribution in [0.5, 0.6) is 11.5 Å². The largest absolute Gasteiger partial charge is 0.497 e. The van der Waals surface area contributed by atoms with E-state index in [9.17, 15) is 4.79 Å². The second-order valence-corrected chi connectivity index (χ2v) is 6.10. The summed E-state index contributed by atoms with van der Waals surface area (Å²) in [7, 11) is 1.61. The van der Waals surface area contributed by atoms with Gasteiger partial charge in [-0.05, 0) is 36.6 Å². The van der Waals surface area contributed by atoms with E-state index in [1.165, 1.54) is 6.20 Å². The number of hydrogen-bond donors (Lipinski definition) is 2. The molecule has 24 heavy (non-hydrogen) atoms. The number of nitrogens with zero attached hydrogens (tertiary/aromatic N) is 1. The van der Waals surface area contributed by atoms with E-state index in [1.54, 1.807) is 13.2 Å². The van der Waals surface area contributed by atoms with Crippen molar-refractivity contribution in [3.05, 3.63) is 41.7 Å². The van der Waals surface area contributed by atoms with Gasteiger partial charge in [-0.1, -0.05) is 23.7 Å². The third kappa shape index (κ3) is 3.71. The highest BCUT2D eigenvalue weighted by Gasteiger charge is 2.45. The van der Waals surface area contributed by atoms with Crippen LogP contribution in [0.25, 0.3) is 11.1 Å². The van der Waals surface area contributed by atoms with E-state index in [0.717, 1.165) is 29.7 Å². The molecule has 2 aromatic rings. The van der Waals surface area contributed by atoms with E-state index in [4.69, 9.17) is 26.2 Å². The maximum atomic E-state index is 10.8. The van der Waals surface area contributed by atoms with Gasteiger partial charge in [-0.15, -0.1) is 0 Å². The van der Waals surface area contributed by atoms with E-state index in [2.05, 4.69) is 10.3 Å². The Hall–Kier alpha value is -2.47. The SMILES string of the molecule is COc1ccc(-c2cc(OCC3(NC(=O)O)CC3)cnc2Cl)cc1. The number of amides is 1. The highest BCUT2D eigenvalue weighted by Crippen LogP contribution is 2.36. The van der Waals surface area contributed by atoms with Gasteiger partial charge in [-0.3, -0.25) is 0 Å². The van der Waals surface area contributed by atoms with Crippen molar-refractivity contribution in [1.29, 1.82) is 0 Å². The molecular weight excluding hydrogens is 332 g/mol. The molecule has 1 heterocycles. The molecule has 1 fully saturated rings. The number of hydrogen-bond acceptors (Lipinski definition) is 4. The summed E-state index contributed by atoms with van der Waals surface area (Å²) in [6.07, 6.45) is 2.04. The highest BCUT2D eigenvalue weighted by molar-refractivity contribution is 6.32. The number of nitrogens with one attached hydrogen (secondary N) is 1. The molecule has 7 heteroatoms. The Balaban J connectivity index is 1.75. The van der Waals surface area contributed by atoms with Crippen LogP contribution >= 0.6 is 11.6 Å². The smallest absolute Gasteiger partial charge is 0.405 e. The van der Waals surface area contributed by atoms with Gasteiger partial charge >= 0.3 is 6.09 Å². The molecule has 1 aliphatic rings. The van der Waals surface area contributed by atoms with Gasteiger partial charge in [0.15, 0.2) is 0 Å². The lowest BCUT2D eigenvalue weighted by molar-refractivity contribution is 0.177. The van der Waals surface area contributed by atoms with Crippen LogP contribution in [-0.2, 0) is 0 Å². The molecule has 1 amide bonds. The van der Waals surface area contributed by atoms with Crippen molar-refractivity contribution in [1.82, 2.24) is 10.3 Å². The van der Waals surface area contributed by atoms with Gasteiger partial charge in [0.1, 0.15) is 23.3 Å². The van der Waals surface area contributed by atoms with E-state index in [1.807, 2.05) is 24.3 Å². The van der Waals surface area contributed by atoms with Crippen LogP contribution in [0.3, 0.4) is 0 Å². The van der Waals surface area contributed by atoms with Crippen molar-refractivity contribution in [2.75, 3.05) is 13.7 Å². The second kappa shape index (κ2) is 6.57. The molecule has 1 aliphatic carbocycles. The zero-order valence-electron chi connectivity index (χ0n) is 13.1. The van der Waals surface area contributed by atoms with E-state index >= 15 is 0 Å². The molecule has 0 saturated heterocycles. The van der Waals surface area contributed by atoms with Gasteiger partial charge in [-0.2, -0.15) is 0 Å². The van der Waals surface area contributed by atoms with Crippen molar-refractivity contribution < 1.29 is 19.4 Å². The van der Waals surface area contributed by atoms with E-state index in [-0.39, 0.29) is 6.61 Å². The minimum absolute atomic E-state index is 0.269. The number of halogens is 1. The molecular formula is C17H17ClN2O4.